The van der Waals surface area contributed by atoms with Gasteiger partial charge >= 0.3 is 0 Å². The molecule has 1 atom stereocenters. The molecule has 0 aliphatic carbocycles. The Hall–Kier alpha value is -0.0800. The zero-order chi connectivity index (χ0) is 10.3. The lowest BCUT2D eigenvalue weighted by atomic mass is 9.97. The van der Waals surface area contributed by atoms with E-state index in [1.807, 2.05) is 0 Å². The quantitative estimate of drug-likeness (QED) is 0.665. The maximum absolute atomic E-state index is 6.00. The third-order valence-electron chi connectivity index (χ3n) is 2.81. The van der Waals surface area contributed by atoms with Gasteiger partial charge in [0.25, 0.3) is 0 Å². The molecule has 2 heteroatoms. The molecule has 0 heterocycles. The number of hydrogen-bond acceptors (Lipinski definition) is 2. The van der Waals surface area contributed by atoms with Gasteiger partial charge in [-0.25, -0.2) is 0 Å². The molecule has 80 valence electrons. The van der Waals surface area contributed by atoms with Crippen LogP contribution < -0.4 is 5.73 Å². The summed E-state index contributed by atoms with van der Waals surface area (Å²) in [6.45, 7) is 9.25. The first-order valence-corrected chi connectivity index (χ1v) is 5.52. The lowest BCUT2D eigenvalue weighted by Crippen LogP contribution is -2.42. The predicted octanol–water partition coefficient (Wildman–Crippen LogP) is 2.71. The molecule has 13 heavy (non-hydrogen) atoms. The van der Waals surface area contributed by atoms with Crippen LogP contribution in [0.2, 0.25) is 0 Å². The SMILES string of the molecule is CCCC(C)OC(CC)(CC)CN. The van der Waals surface area contributed by atoms with Crippen LogP contribution in [0.5, 0.6) is 0 Å². The lowest BCUT2D eigenvalue weighted by Gasteiger charge is -2.33. The van der Waals surface area contributed by atoms with Gasteiger partial charge in [-0.3, -0.25) is 0 Å². The molecule has 0 aromatic rings. The van der Waals surface area contributed by atoms with Gasteiger partial charge in [-0.15, -0.1) is 0 Å². The highest BCUT2D eigenvalue weighted by molar-refractivity contribution is 4.79. The van der Waals surface area contributed by atoms with Gasteiger partial charge in [0.05, 0.1) is 11.7 Å². The van der Waals surface area contributed by atoms with Gasteiger partial charge in [-0.05, 0) is 26.2 Å². The minimum Gasteiger partial charge on any atom is -0.371 e. The fraction of sp³-hybridized carbons (Fsp3) is 1.00. The van der Waals surface area contributed by atoms with Crippen molar-refractivity contribution in [2.75, 3.05) is 6.54 Å². The second-order valence-corrected chi connectivity index (χ2v) is 3.81. The first-order chi connectivity index (χ1) is 6.14. The van der Waals surface area contributed by atoms with Gasteiger partial charge in [0, 0.05) is 6.54 Å². The van der Waals surface area contributed by atoms with Crippen LogP contribution in [0, 0.1) is 0 Å². The van der Waals surface area contributed by atoms with E-state index in [1.54, 1.807) is 0 Å². The second-order valence-electron chi connectivity index (χ2n) is 3.81. The van der Waals surface area contributed by atoms with Gasteiger partial charge < -0.3 is 10.5 Å². The van der Waals surface area contributed by atoms with E-state index in [4.69, 9.17) is 10.5 Å². The highest BCUT2D eigenvalue weighted by atomic mass is 16.5. The van der Waals surface area contributed by atoms with Crippen molar-refractivity contribution in [2.45, 2.75) is 65.1 Å². The van der Waals surface area contributed by atoms with Gasteiger partial charge in [-0.2, -0.15) is 0 Å². The Labute approximate surface area is 82.8 Å². The van der Waals surface area contributed by atoms with Crippen molar-refractivity contribution >= 4 is 0 Å². The van der Waals surface area contributed by atoms with Crippen molar-refractivity contribution in [3.8, 4) is 0 Å². The predicted molar refractivity (Wildman–Crippen MR) is 57.8 cm³/mol. The van der Waals surface area contributed by atoms with Crippen molar-refractivity contribution in [1.82, 2.24) is 0 Å². The fourth-order valence-electron chi connectivity index (χ4n) is 1.65. The Balaban J connectivity index is 4.07. The third kappa shape index (κ3) is 4.10. The molecule has 0 aliphatic heterocycles. The molecule has 0 saturated carbocycles. The van der Waals surface area contributed by atoms with E-state index < -0.39 is 0 Å². The Morgan fingerprint density at radius 3 is 2.08 bits per heavy atom. The standard InChI is InChI=1S/C11H25NO/c1-5-8-10(4)13-11(6-2,7-3)9-12/h10H,5-9,12H2,1-4H3. The molecule has 0 aromatic heterocycles. The highest BCUT2D eigenvalue weighted by Gasteiger charge is 2.26. The van der Waals surface area contributed by atoms with Crippen molar-refractivity contribution in [3.05, 3.63) is 0 Å². The van der Waals surface area contributed by atoms with Crippen molar-refractivity contribution in [3.63, 3.8) is 0 Å². The van der Waals surface area contributed by atoms with Crippen LogP contribution in [-0.4, -0.2) is 18.2 Å². The van der Waals surface area contributed by atoms with E-state index in [9.17, 15) is 0 Å². The maximum atomic E-state index is 6.00. The molecule has 2 N–H and O–H groups in total. The molecule has 1 unspecified atom stereocenters. The van der Waals surface area contributed by atoms with Crippen LogP contribution in [0.1, 0.15) is 53.4 Å². The summed E-state index contributed by atoms with van der Waals surface area (Å²) in [5, 5.41) is 0. The molecule has 2 nitrogen and oxygen atoms in total. The fourth-order valence-corrected chi connectivity index (χ4v) is 1.65. The number of ether oxygens (including phenoxy) is 1. The van der Waals surface area contributed by atoms with E-state index in [2.05, 4.69) is 27.7 Å². The van der Waals surface area contributed by atoms with E-state index in [1.165, 1.54) is 6.42 Å². The molecular weight excluding hydrogens is 162 g/mol. The molecule has 0 radical (unpaired) electrons. The van der Waals surface area contributed by atoms with Gasteiger partial charge in [0.15, 0.2) is 0 Å². The highest BCUT2D eigenvalue weighted by Crippen LogP contribution is 2.22. The average Bonchev–Trinajstić information content (AvgIpc) is 2.15. The molecule has 0 fully saturated rings. The number of hydrogen-bond donors (Lipinski definition) is 1. The molecular formula is C11H25NO. The summed E-state index contributed by atoms with van der Waals surface area (Å²) in [5.74, 6) is 0. The average molecular weight is 187 g/mol. The number of rotatable bonds is 7. The summed E-state index contributed by atoms with van der Waals surface area (Å²) in [4.78, 5) is 0. The largest absolute Gasteiger partial charge is 0.371 e. The summed E-state index contributed by atoms with van der Waals surface area (Å²) < 4.78 is 6.00. The Morgan fingerprint density at radius 2 is 1.77 bits per heavy atom. The van der Waals surface area contributed by atoms with E-state index >= 15 is 0 Å². The molecule has 0 rings (SSSR count). The Kier molecular flexibility index (Phi) is 6.35. The second kappa shape index (κ2) is 6.39. The first-order valence-electron chi connectivity index (χ1n) is 5.52. The summed E-state index contributed by atoms with van der Waals surface area (Å²) in [5.41, 5.74) is 5.67. The van der Waals surface area contributed by atoms with E-state index in [-0.39, 0.29) is 5.60 Å². The maximum Gasteiger partial charge on any atom is 0.0802 e. The Bertz CT molecular complexity index is 113. The minimum atomic E-state index is -0.0748. The molecule has 0 saturated heterocycles. The van der Waals surface area contributed by atoms with Crippen LogP contribution >= 0.6 is 0 Å². The summed E-state index contributed by atoms with van der Waals surface area (Å²) in [7, 11) is 0. The van der Waals surface area contributed by atoms with Crippen LogP contribution in [0.15, 0.2) is 0 Å². The van der Waals surface area contributed by atoms with Crippen molar-refractivity contribution < 1.29 is 4.74 Å². The summed E-state index contributed by atoms with van der Waals surface area (Å²) >= 11 is 0. The van der Waals surface area contributed by atoms with Crippen molar-refractivity contribution in [2.24, 2.45) is 5.73 Å². The first kappa shape index (κ1) is 12.9. The van der Waals surface area contributed by atoms with Crippen LogP contribution in [0.4, 0.5) is 0 Å². The van der Waals surface area contributed by atoms with Gasteiger partial charge in [0.1, 0.15) is 0 Å². The lowest BCUT2D eigenvalue weighted by molar-refractivity contribution is -0.0884. The smallest absolute Gasteiger partial charge is 0.0802 e. The number of nitrogens with two attached hydrogens (primary N) is 1. The van der Waals surface area contributed by atoms with E-state index in [0.29, 0.717) is 12.6 Å². The van der Waals surface area contributed by atoms with Crippen molar-refractivity contribution in [1.29, 1.82) is 0 Å². The van der Waals surface area contributed by atoms with Crippen LogP contribution in [0.25, 0.3) is 0 Å². The normalized spacial score (nSPS) is 14.5. The minimum absolute atomic E-state index is 0.0748. The van der Waals surface area contributed by atoms with E-state index in [0.717, 1.165) is 19.3 Å². The Morgan fingerprint density at radius 1 is 1.23 bits per heavy atom. The van der Waals surface area contributed by atoms with Crippen LogP contribution in [0.3, 0.4) is 0 Å². The van der Waals surface area contributed by atoms with Gasteiger partial charge in [0.2, 0.25) is 0 Å². The summed E-state index contributed by atoms with van der Waals surface area (Å²) in [6, 6.07) is 0. The molecule has 0 aliphatic rings. The zero-order valence-corrected chi connectivity index (χ0v) is 9.60. The topological polar surface area (TPSA) is 35.2 Å². The van der Waals surface area contributed by atoms with Crippen LogP contribution in [-0.2, 0) is 4.74 Å². The molecule has 0 bridgehead atoms. The molecule has 0 spiro atoms. The summed E-state index contributed by atoms with van der Waals surface area (Å²) in [6.07, 6.45) is 4.66. The third-order valence-corrected chi connectivity index (χ3v) is 2.81. The van der Waals surface area contributed by atoms with Gasteiger partial charge in [-0.1, -0.05) is 27.2 Å². The monoisotopic (exact) mass is 187 g/mol. The molecule has 0 amide bonds. The molecule has 0 aromatic carbocycles. The zero-order valence-electron chi connectivity index (χ0n) is 9.60.